The fourth-order valence-electron chi connectivity index (χ4n) is 1.12. The topological polar surface area (TPSA) is 12.0 Å². The van der Waals surface area contributed by atoms with Crippen LogP contribution in [-0.2, 0) is 0 Å². The first kappa shape index (κ1) is 13.1. The molecule has 0 rings (SSSR count). The van der Waals surface area contributed by atoms with Crippen molar-refractivity contribution in [2.75, 3.05) is 12.8 Å². The molecule has 78 valence electrons. The van der Waals surface area contributed by atoms with Crippen molar-refractivity contribution < 1.29 is 0 Å². The van der Waals surface area contributed by atoms with Crippen molar-refractivity contribution >= 4 is 11.8 Å². The van der Waals surface area contributed by atoms with Gasteiger partial charge in [0.2, 0.25) is 0 Å². The zero-order valence-corrected chi connectivity index (χ0v) is 9.99. The normalized spacial score (nSPS) is 15.3. The fraction of sp³-hybridized carbons (Fsp3) is 0.818. The largest absolute Gasteiger partial charge is 0.314 e. The van der Waals surface area contributed by atoms with Gasteiger partial charge < -0.3 is 5.32 Å². The van der Waals surface area contributed by atoms with Crippen LogP contribution in [0.5, 0.6) is 0 Å². The van der Waals surface area contributed by atoms with Crippen LogP contribution in [-0.4, -0.2) is 24.1 Å². The van der Waals surface area contributed by atoms with Crippen LogP contribution in [0.25, 0.3) is 0 Å². The second-order valence-corrected chi connectivity index (χ2v) is 4.83. The number of thioether (sulfide) groups is 1. The lowest BCUT2D eigenvalue weighted by Crippen LogP contribution is -2.28. The number of hydrogen-bond acceptors (Lipinski definition) is 2. The van der Waals surface area contributed by atoms with Crippen LogP contribution < -0.4 is 5.32 Å². The fourth-order valence-corrected chi connectivity index (χ4v) is 1.47. The predicted octanol–water partition coefficient (Wildman–Crippen LogP) is 3.07. The highest BCUT2D eigenvalue weighted by atomic mass is 32.2. The van der Waals surface area contributed by atoms with E-state index in [1.54, 1.807) is 0 Å². The molecule has 0 aliphatic heterocycles. The van der Waals surface area contributed by atoms with Gasteiger partial charge in [-0.2, -0.15) is 11.8 Å². The molecule has 2 atom stereocenters. The summed E-state index contributed by atoms with van der Waals surface area (Å²) < 4.78 is 0. The van der Waals surface area contributed by atoms with Crippen LogP contribution in [0.3, 0.4) is 0 Å². The Balaban J connectivity index is 3.25. The van der Waals surface area contributed by atoms with E-state index in [1.807, 2.05) is 17.8 Å². The van der Waals surface area contributed by atoms with E-state index in [9.17, 15) is 0 Å². The van der Waals surface area contributed by atoms with Crippen LogP contribution in [0, 0.1) is 0 Å². The number of rotatable bonds is 8. The SMILES string of the molecule is C=CCCC(C)NCCC(C)SC. The van der Waals surface area contributed by atoms with Crippen LogP contribution >= 0.6 is 11.8 Å². The van der Waals surface area contributed by atoms with Gasteiger partial charge in [0.15, 0.2) is 0 Å². The van der Waals surface area contributed by atoms with Gasteiger partial charge in [-0.25, -0.2) is 0 Å². The van der Waals surface area contributed by atoms with Crippen molar-refractivity contribution in [3.05, 3.63) is 12.7 Å². The summed E-state index contributed by atoms with van der Waals surface area (Å²) in [5, 5.41) is 4.30. The summed E-state index contributed by atoms with van der Waals surface area (Å²) in [6, 6.07) is 0.632. The van der Waals surface area contributed by atoms with Gasteiger partial charge in [-0.15, -0.1) is 6.58 Å². The Bertz CT molecular complexity index is 125. The molecule has 1 nitrogen and oxygen atoms in total. The van der Waals surface area contributed by atoms with Gasteiger partial charge in [0.05, 0.1) is 0 Å². The predicted molar refractivity (Wildman–Crippen MR) is 64.5 cm³/mol. The first-order chi connectivity index (χ1) is 6.20. The summed E-state index contributed by atoms with van der Waals surface area (Å²) >= 11 is 1.94. The summed E-state index contributed by atoms with van der Waals surface area (Å²) in [6.07, 6.45) is 7.75. The molecule has 0 aliphatic rings. The molecule has 0 saturated carbocycles. The zero-order chi connectivity index (χ0) is 10.1. The molecule has 2 heteroatoms. The standard InChI is InChI=1S/C11H23NS/c1-5-6-7-10(2)12-9-8-11(3)13-4/h5,10-12H,1,6-9H2,2-4H3. The van der Waals surface area contributed by atoms with Gasteiger partial charge in [0.1, 0.15) is 0 Å². The molecule has 0 fully saturated rings. The Kier molecular flexibility index (Phi) is 8.67. The van der Waals surface area contributed by atoms with Crippen molar-refractivity contribution in [2.45, 2.75) is 44.4 Å². The van der Waals surface area contributed by atoms with Gasteiger partial charge in [0.25, 0.3) is 0 Å². The monoisotopic (exact) mass is 201 g/mol. The highest BCUT2D eigenvalue weighted by molar-refractivity contribution is 7.99. The molecule has 0 saturated heterocycles. The highest BCUT2D eigenvalue weighted by Crippen LogP contribution is 2.08. The summed E-state index contributed by atoms with van der Waals surface area (Å²) in [4.78, 5) is 0. The van der Waals surface area contributed by atoms with Crippen LogP contribution in [0.2, 0.25) is 0 Å². The van der Waals surface area contributed by atoms with Crippen molar-refractivity contribution in [1.29, 1.82) is 0 Å². The lowest BCUT2D eigenvalue weighted by Gasteiger charge is -2.14. The molecule has 2 unspecified atom stereocenters. The maximum absolute atomic E-state index is 3.72. The van der Waals surface area contributed by atoms with Gasteiger partial charge in [-0.05, 0) is 39.0 Å². The molecule has 0 radical (unpaired) electrons. The molecular weight excluding hydrogens is 178 g/mol. The lowest BCUT2D eigenvalue weighted by atomic mass is 10.2. The van der Waals surface area contributed by atoms with E-state index in [4.69, 9.17) is 0 Å². The van der Waals surface area contributed by atoms with Gasteiger partial charge in [-0.1, -0.05) is 13.0 Å². The first-order valence-electron chi connectivity index (χ1n) is 5.07. The lowest BCUT2D eigenvalue weighted by molar-refractivity contribution is 0.510. The van der Waals surface area contributed by atoms with Gasteiger partial charge in [0, 0.05) is 11.3 Å². The van der Waals surface area contributed by atoms with Gasteiger partial charge >= 0.3 is 0 Å². The minimum Gasteiger partial charge on any atom is -0.314 e. The third kappa shape index (κ3) is 8.38. The Morgan fingerprint density at radius 2 is 2.08 bits per heavy atom. The maximum Gasteiger partial charge on any atom is 0.00416 e. The highest BCUT2D eigenvalue weighted by Gasteiger charge is 2.01. The molecule has 0 aromatic heterocycles. The molecule has 0 spiro atoms. The van der Waals surface area contributed by atoms with E-state index in [0.29, 0.717) is 6.04 Å². The second kappa shape index (κ2) is 8.64. The van der Waals surface area contributed by atoms with E-state index in [-0.39, 0.29) is 0 Å². The van der Waals surface area contributed by atoms with E-state index < -0.39 is 0 Å². The average molecular weight is 201 g/mol. The van der Waals surface area contributed by atoms with Crippen LogP contribution in [0.1, 0.15) is 33.1 Å². The minimum absolute atomic E-state index is 0.632. The van der Waals surface area contributed by atoms with Crippen molar-refractivity contribution in [3.63, 3.8) is 0 Å². The second-order valence-electron chi connectivity index (χ2n) is 3.56. The molecule has 0 aliphatic carbocycles. The van der Waals surface area contributed by atoms with Crippen molar-refractivity contribution in [1.82, 2.24) is 5.32 Å². The van der Waals surface area contributed by atoms with Gasteiger partial charge in [-0.3, -0.25) is 0 Å². The Morgan fingerprint density at radius 1 is 1.38 bits per heavy atom. The Labute approximate surface area is 87.4 Å². The summed E-state index contributed by atoms with van der Waals surface area (Å²) in [5.74, 6) is 0. The van der Waals surface area contributed by atoms with Crippen LogP contribution in [0.4, 0.5) is 0 Å². The summed E-state index contributed by atoms with van der Waals surface area (Å²) in [5.41, 5.74) is 0. The quantitative estimate of drug-likeness (QED) is 0.606. The van der Waals surface area contributed by atoms with Crippen molar-refractivity contribution in [3.8, 4) is 0 Å². The average Bonchev–Trinajstić information content (AvgIpc) is 2.14. The molecule has 1 N–H and O–H groups in total. The smallest absolute Gasteiger partial charge is 0.00416 e. The Morgan fingerprint density at radius 3 is 2.62 bits per heavy atom. The number of hydrogen-bond donors (Lipinski definition) is 1. The summed E-state index contributed by atoms with van der Waals surface area (Å²) in [6.45, 7) is 9.38. The molecular formula is C11H23NS. The third-order valence-electron chi connectivity index (χ3n) is 2.25. The van der Waals surface area contributed by atoms with Crippen LogP contribution in [0.15, 0.2) is 12.7 Å². The first-order valence-corrected chi connectivity index (χ1v) is 6.36. The Hall–Kier alpha value is 0.0500. The zero-order valence-electron chi connectivity index (χ0n) is 9.18. The van der Waals surface area contributed by atoms with Crippen molar-refractivity contribution in [2.24, 2.45) is 0 Å². The summed E-state index contributed by atoms with van der Waals surface area (Å²) in [7, 11) is 0. The molecule has 0 bridgehead atoms. The van der Waals surface area contributed by atoms with E-state index in [0.717, 1.165) is 18.2 Å². The number of allylic oxidation sites excluding steroid dienone is 1. The molecule has 13 heavy (non-hydrogen) atoms. The van der Waals surface area contributed by atoms with E-state index in [1.165, 1.54) is 12.8 Å². The maximum atomic E-state index is 3.72. The molecule has 0 amide bonds. The van der Waals surface area contributed by atoms with E-state index in [2.05, 4.69) is 32.0 Å². The molecule has 0 heterocycles. The molecule has 0 aromatic rings. The molecule has 0 aromatic carbocycles. The minimum atomic E-state index is 0.632. The number of nitrogens with one attached hydrogen (secondary N) is 1. The third-order valence-corrected chi connectivity index (χ3v) is 3.29. The van der Waals surface area contributed by atoms with E-state index >= 15 is 0 Å².